The highest BCUT2D eigenvalue weighted by molar-refractivity contribution is 7.91. The van der Waals surface area contributed by atoms with Crippen molar-refractivity contribution in [3.8, 4) is 11.1 Å². The molecule has 192 valence electrons. The summed E-state index contributed by atoms with van der Waals surface area (Å²) in [6.07, 6.45) is 6.62. The van der Waals surface area contributed by atoms with Gasteiger partial charge in [-0.05, 0) is 86.8 Å². The lowest BCUT2D eigenvalue weighted by Crippen LogP contribution is -2.52. The molecule has 0 radical (unpaired) electrons. The summed E-state index contributed by atoms with van der Waals surface area (Å²) in [4.78, 5) is 29.4. The van der Waals surface area contributed by atoms with Gasteiger partial charge < -0.3 is 9.64 Å². The topological polar surface area (TPSA) is 84.0 Å². The van der Waals surface area contributed by atoms with Crippen LogP contribution in [-0.4, -0.2) is 44.9 Å². The van der Waals surface area contributed by atoms with Crippen LogP contribution in [0.25, 0.3) is 11.1 Å². The van der Waals surface area contributed by atoms with E-state index >= 15 is 0 Å². The lowest BCUT2D eigenvalue weighted by Gasteiger charge is -2.41. The lowest BCUT2D eigenvalue weighted by atomic mass is 9.98. The summed E-state index contributed by atoms with van der Waals surface area (Å²) in [5, 5.41) is 0. The Morgan fingerprint density at radius 3 is 2.22 bits per heavy atom. The van der Waals surface area contributed by atoms with Crippen molar-refractivity contribution < 1.29 is 22.7 Å². The van der Waals surface area contributed by atoms with Crippen LogP contribution >= 0.6 is 0 Å². The maximum atomic E-state index is 13.3. The zero-order valence-electron chi connectivity index (χ0n) is 21.0. The molecule has 1 heterocycles. The Morgan fingerprint density at radius 2 is 1.58 bits per heavy atom. The van der Waals surface area contributed by atoms with Gasteiger partial charge in [-0.2, -0.15) is 0 Å². The molecule has 2 aromatic carbocycles. The van der Waals surface area contributed by atoms with E-state index in [0.717, 1.165) is 49.7 Å². The third-order valence-corrected chi connectivity index (χ3v) is 9.39. The van der Waals surface area contributed by atoms with Crippen molar-refractivity contribution in [1.29, 1.82) is 0 Å². The number of carbonyl (C=O) groups excluding carboxylic acids is 2. The molecule has 2 aromatic rings. The van der Waals surface area contributed by atoms with E-state index in [2.05, 4.69) is 0 Å². The fourth-order valence-electron chi connectivity index (χ4n) is 5.39. The van der Waals surface area contributed by atoms with Crippen molar-refractivity contribution in [3.05, 3.63) is 42.5 Å². The van der Waals surface area contributed by atoms with E-state index in [4.69, 9.17) is 4.74 Å². The molecule has 0 aromatic heterocycles. The minimum absolute atomic E-state index is 0.0656. The number of amides is 2. The summed E-state index contributed by atoms with van der Waals surface area (Å²) in [5.41, 5.74) is 2.99. The van der Waals surface area contributed by atoms with Gasteiger partial charge in [0.15, 0.2) is 9.84 Å². The molecule has 0 N–H and O–H groups in total. The van der Waals surface area contributed by atoms with E-state index < -0.39 is 9.84 Å². The van der Waals surface area contributed by atoms with Crippen LogP contribution in [0.5, 0.6) is 0 Å². The molecule has 36 heavy (non-hydrogen) atoms. The second-order valence-electron chi connectivity index (χ2n) is 10.4. The lowest BCUT2D eigenvalue weighted by molar-refractivity contribution is -0.117. The summed E-state index contributed by atoms with van der Waals surface area (Å²) in [6, 6.07) is 12.4. The molecule has 8 heteroatoms. The second-order valence-corrected chi connectivity index (χ2v) is 12.5. The first-order chi connectivity index (χ1) is 17.2. The highest BCUT2D eigenvalue weighted by Crippen LogP contribution is 2.40. The summed E-state index contributed by atoms with van der Waals surface area (Å²) < 4.78 is 31.2. The zero-order chi connectivity index (χ0) is 25.4. The third-order valence-electron chi connectivity index (χ3n) is 7.49. The van der Waals surface area contributed by atoms with Crippen LogP contribution in [0.3, 0.4) is 0 Å². The smallest absolute Gasteiger partial charge is 0.414 e. The van der Waals surface area contributed by atoms with Gasteiger partial charge in [-0.25, -0.2) is 13.2 Å². The van der Waals surface area contributed by atoms with E-state index in [1.54, 1.807) is 34.1 Å². The van der Waals surface area contributed by atoms with Crippen molar-refractivity contribution in [2.75, 3.05) is 22.1 Å². The molecule has 0 saturated heterocycles. The fraction of sp³-hybridized carbons (Fsp3) is 0.500. The van der Waals surface area contributed by atoms with Gasteiger partial charge in [-0.1, -0.05) is 24.6 Å². The molecule has 0 bridgehead atoms. The molecule has 0 spiro atoms. The van der Waals surface area contributed by atoms with Crippen LogP contribution in [0.15, 0.2) is 47.4 Å². The predicted octanol–water partition coefficient (Wildman–Crippen LogP) is 5.57. The Balaban J connectivity index is 1.45. The van der Waals surface area contributed by atoms with Crippen LogP contribution < -0.4 is 9.80 Å². The molecule has 1 aliphatic heterocycles. The molecule has 1 atom stereocenters. The van der Waals surface area contributed by atoms with Gasteiger partial charge in [0.2, 0.25) is 5.91 Å². The molecule has 3 aliphatic rings. The quantitative estimate of drug-likeness (QED) is 0.525. The maximum Gasteiger partial charge on any atom is 0.414 e. The van der Waals surface area contributed by atoms with Gasteiger partial charge in [0.05, 0.1) is 28.1 Å². The number of benzene rings is 2. The van der Waals surface area contributed by atoms with Gasteiger partial charge in [-0.15, -0.1) is 0 Å². The average molecular weight is 511 g/mol. The van der Waals surface area contributed by atoms with E-state index in [9.17, 15) is 18.0 Å². The average Bonchev–Trinajstić information content (AvgIpc) is 3.67. The first-order valence-corrected chi connectivity index (χ1v) is 14.6. The first kappa shape index (κ1) is 24.8. The Bertz CT molecular complexity index is 1250. The molecular weight excluding hydrogens is 476 g/mol. The molecule has 2 fully saturated rings. The summed E-state index contributed by atoms with van der Waals surface area (Å²) in [5.74, 6) is 0.422. The number of hydrogen-bond donors (Lipinski definition) is 0. The first-order valence-electron chi connectivity index (χ1n) is 13.0. The van der Waals surface area contributed by atoms with Crippen LogP contribution in [0.1, 0.15) is 58.8 Å². The van der Waals surface area contributed by atoms with Gasteiger partial charge in [-0.3, -0.25) is 9.69 Å². The standard InChI is InChI=1S/C28H34N2O5S/c1-19-17-29(28(32)35-24-6-4-3-5-7-24)27-16-23(12-15-26(27)30(19)20(2)31)22-10-13-25(14-11-22)36(33,34)18-21-8-9-21/h10-16,19,21,24H,3-9,17-18H2,1-2H3. The van der Waals surface area contributed by atoms with Gasteiger partial charge in [0.25, 0.3) is 0 Å². The minimum atomic E-state index is -3.28. The normalized spacial score (nSPS) is 20.7. The summed E-state index contributed by atoms with van der Waals surface area (Å²) >= 11 is 0. The summed E-state index contributed by atoms with van der Waals surface area (Å²) in [7, 11) is -3.28. The molecule has 2 saturated carbocycles. The predicted molar refractivity (Wildman–Crippen MR) is 140 cm³/mol. The van der Waals surface area contributed by atoms with E-state index in [1.165, 1.54) is 13.3 Å². The van der Waals surface area contributed by atoms with Gasteiger partial charge >= 0.3 is 6.09 Å². The highest BCUT2D eigenvalue weighted by Gasteiger charge is 2.35. The Morgan fingerprint density at radius 1 is 0.917 bits per heavy atom. The van der Waals surface area contributed by atoms with Crippen LogP contribution in [0.2, 0.25) is 0 Å². The van der Waals surface area contributed by atoms with E-state index in [-0.39, 0.29) is 29.9 Å². The molecule has 2 amide bonds. The highest BCUT2D eigenvalue weighted by atomic mass is 32.2. The Kier molecular flexibility index (Phi) is 6.81. The van der Waals surface area contributed by atoms with Crippen molar-refractivity contribution in [2.45, 2.75) is 75.8 Å². The SMILES string of the molecule is CC(=O)N1c2ccc(-c3ccc(S(=O)(=O)CC4CC4)cc3)cc2N(C(=O)OC2CCCCC2)CC1C. The number of rotatable bonds is 5. The number of carbonyl (C=O) groups is 2. The van der Waals surface area contributed by atoms with Crippen molar-refractivity contribution in [1.82, 2.24) is 0 Å². The van der Waals surface area contributed by atoms with Gasteiger partial charge in [0, 0.05) is 13.5 Å². The summed E-state index contributed by atoms with van der Waals surface area (Å²) in [6.45, 7) is 3.81. The molecular formula is C28H34N2O5S. The Labute approximate surface area is 213 Å². The van der Waals surface area contributed by atoms with Crippen molar-refractivity contribution in [3.63, 3.8) is 0 Å². The number of ether oxygens (including phenoxy) is 1. The molecule has 2 aliphatic carbocycles. The van der Waals surface area contributed by atoms with E-state index in [0.29, 0.717) is 28.7 Å². The van der Waals surface area contributed by atoms with E-state index in [1.807, 2.05) is 25.1 Å². The number of nitrogens with zero attached hydrogens (tertiary/aromatic N) is 2. The molecule has 5 rings (SSSR count). The maximum absolute atomic E-state index is 13.3. The molecule has 1 unspecified atom stereocenters. The van der Waals surface area contributed by atoms with Crippen LogP contribution in [0.4, 0.5) is 16.2 Å². The van der Waals surface area contributed by atoms with Crippen molar-refractivity contribution in [2.24, 2.45) is 5.92 Å². The third kappa shape index (κ3) is 5.14. The monoisotopic (exact) mass is 510 g/mol. The zero-order valence-corrected chi connectivity index (χ0v) is 21.8. The number of fused-ring (bicyclic) bond motifs is 1. The van der Waals surface area contributed by atoms with Crippen LogP contribution in [-0.2, 0) is 19.4 Å². The molecule has 7 nitrogen and oxygen atoms in total. The Hall–Kier alpha value is -2.87. The number of sulfone groups is 1. The van der Waals surface area contributed by atoms with Gasteiger partial charge in [0.1, 0.15) is 6.10 Å². The number of hydrogen-bond acceptors (Lipinski definition) is 5. The minimum Gasteiger partial charge on any atom is -0.446 e. The largest absolute Gasteiger partial charge is 0.446 e. The fourth-order valence-corrected chi connectivity index (χ4v) is 7.09. The van der Waals surface area contributed by atoms with Crippen molar-refractivity contribution >= 4 is 33.2 Å². The number of anilines is 2. The van der Waals surface area contributed by atoms with Crippen LogP contribution in [0, 0.1) is 5.92 Å². The second kappa shape index (κ2) is 9.88.